The molecule has 0 amide bonds. The minimum absolute atomic E-state index is 0.125. The number of rotatable bonds is 1. The molecule has 1 saturated heterocycles. The van der Waals surface area contributed by atoms with E-state index < -0.39 is 0 Å². The number of carbonyl (C=O) groups excluding carboxylic acids is 2. The molecular weight excluding hydrogens is 216 g/mol. The quantitative estimate of drug-likeness (QED) is 0.601. The van der Waals surface area contributed by atoms with E-state index in [-0.39, 0.29) is 38.4 Å². The van der Waals surface area contributed by atoms with Gasteiger partial charge in [0.05, 0.1) is 13.2 Å². The molecule has 0 saturated carbocycles. The van der Waals surface area contributed by atoms with E-state index in [0.29, 0.717) is 25.7 Å². The summed E-state index contributed by atoms with van der Waals surface area (Å²) in [7, 11) is 0. The molecule has 1 rings (SSSR count). The van der Waals surface area contributed by atoms with E-state index in [0.717, 1.165) is 0 Å². The third-order valence-electron chi connectivity index (χ3n) is 1.72. The van der Waals surface area contributed by atoms with Gasteiger partial charge in [0.2, 0.25) is 0 Å². The SMILES string of the molecule is O=C1CCCCC(=O)OCCO1.OCCO. The number of aliphatic hydroxyl groups excluding tert-OH is 2. The van der Waals surface area contributed by atoms with Crippen LogP contribution in [0.1, 0.15) is 25.7 Å². The van der Waals surface area contributed by atoms with Crippen LogP contribution >= 0.6 is 0 Å². The molecule has 6 heteroatoms. The van der Waals surface area contributed by atoms with Crippen LogP contribution in [0.5, 0.6) is 0 Å². The number of ether oxygens (including phenoxy) is 2. The van der Waals surface area contributed by atoms with Crippen LogP contribution in [0.25, 0.3) is 0 Å². The van der Waals surface area contributed by atoms with Gasteiger partial charge < -0.3 is 19.7 Å². The van der Waals surface area contributed by atoms with Crippen molar-refractivity contribution >= 4 is 11.9 Å². The van der Waals surface area contributed by atoms with Crippen molar-refractivity contribution in [1.29, 1.82) is 0 Å². The van der Waals surface area contributed by atoms with E-state index in [9.17, 15) is 9.59 Å². The maximum absolute atomic E-state index is 10.8. The predicted octanol–water partition coefficient (Wildman–Crippen LogP) is -0.382. The number of cyclic esters (lactones) is 2. The Morgan fingerprint density at radius 1 is 0.875 bits per heavy atom. The summed E-state index contributed by atoms with van der Waals surface area (Å²) in [5.41, 5.74) is 0. The predicted molar refractivity (Wildman–Crippen MR) is 54.6 cm³/mol. The minimum Gasteiger partial charge on any atom is -0.462 e. The monoisotopic (exact) mass is 234 g/mol. The summed E-state index contributed by atoms with van der Waals surface area (Å²) in [4.78, 5) is 21.6. The first kappa shape index (κ1) is 14.9. The normalized spacial score (nSPS) is 17.6. The van der Waals surface area contributed by atoms with E-state index in [1.807, 2.05) is 0 Å². The summed E-state index contributed by atoms with van der Waals surface area (Å²) in [6.07, 6.45) is 2.22. The van der Waals surface area contributed by atoms with Gasteiger partial charge in [0.1, 0.15) is 13.2 Å². The van der Waals surface area contributed by atoms with E-state index in [1.54, 1.807) is 0 Å². The second kappa shape index (κ2) is 10.4. The molecule has 0 unspecified atom stereocenters. The Balaban J connectivity index is 0.000000487. The van der Waals surface area contributed by atoms with Gasteiger partial charge in [-0.2, -0.15) is 0 Å². The minimum atomic E-state index is -0.201. The highest BCUT2D eigenvalue weighted by Crippen LogP contribution is 2.04. The van der Waals surface area contributed by atoms with Gasteiger partial charge in [0.25, 0.3) is 0 Å². The average molecular weight is 234 g/mol. The first-order chi connectivity index (χ1) is 7.70. The lowest BCUT2D eigenvalue weighted by Gasteiger charge is -2.08. The summed E-state index contributed by atoms with van der Waals surface area (Å²) < 4.78 is 9.50. The van der Waals surface area contributed by atoms with Gasteiger partial charge in [0.15, 0.2) is 0 Å². The summed E-state index contributed by atoms with van der Waals surface area (Å²) in [6.45, 7) is 0.120. The third-order valence-corrected chi connectivity index (χ3v) is 1.72. The van der Waals surface area contributed by atoms with E-state index in [1.165, 1.54) is 0 Å². The van der Waals surface area contributed by atoms with Gasteiger partial charge in [-0.15, -0.1) is 0 Å². The third kappa shape index (κ3) is 9.42. The molecule has 1 heterocycles. The van der Waals surface area contributed by atoms with E-state index in [2.05, 4.69) is 0 Å². The summed E-state index contributed by atoms with van der Waals surface area (Å²) in [5.74, 6) is -0.402. The molecular formula is C10H18O6. The van der Waals surface area contributed by atoms with Gasteiger partial charge in [0, 0.05) is 12.8 Å². The van der Waals surface area contributed by atoms with Crippen molar-refractivity contribution in [3.8, 4) is 0 Å². The molecule has 0 aromatic heterocycles. The highest BCUT2D eigenvalue weighted by molar-refractivity contribution is 5.71. The number of aliphatic hydroxyl groups is 2. The molecule has 94 valence electrons. The topological polar surface area (TPSA) is 93.1 Å². The summed E-state index contributed by atoms with van der Waals surface area (Å²) >= 11 is 0. The fourth-order valence-electron chi connectivity index (χ4n) is 0.994. The van der Waals surface area contributed by atoms with Crippen molar-refractivity contribution in [1.82, 2.24) is 0 Å². The van der Waals surface area contributed by atoms with Crippen LogP contribution in [0, 0.1) is 0 Å². The molecule has 1 aliphatic rings. The van der Waals surface area contributed by atoms with Crippen LogP contribution in [0.4, 0.5) is 0 Å². The smallest absolute Gasteiger partial charge is 0.305 e. The Kier molecular flexibility index (Phi) is 9.64. The lowest BCUT2D eigenvalue weighted by Crippen LogP contribution is -2.15. The molecule has 2 N–H and O–H groups in total. The first-order valence-electron chi connectivity index (χ1n) is 5.23. The Morgan fingerprint density at radius 2 is 1.25 bits per heavy atom. The summed E-state index contributed by atoms with van der Waals surface area (Å²) in [5, 5.41) is 15.2. The number of hydrogen-bond acceptors (Lipinski definition) is 6. The highest BCUT2D eigenvalue weighted by atomic mass is 16.6. The van der Waals surface area contributed by atoms with Crippen molar-refractivity contribution in [2.75, 3.05) is 26.4 Å². The van der Waals surface area contributed by atoms with E-state index >= 15 is 0 Å². The van der Waals surface area contributed by atoms with Crippen LogP contribution in [0.2, 0.25) is 0 Å². The second-order valence-corrected chi connectivity index (χ2v) is 3.10. The average Bonchev–Trinajstić information content (AvgIpc) is 2.30. The van der Waals surface area contributed by atoms with Gasteiger partial charge in [-0.3, -0.25) is 9.59 Å². The molecule has 6 nitrogen and oxygen atoms in total. The van der Waals surface area contributed by atoms with Crippen LogP contribution < -0.4 is 0 Å². The number of carbonyl (C=O) groups is 2. The van der Waals surface area contributed by atoms with Crippen molar-refractivity contribution in [2.24, 2.45) is 0 Å². The van der Waals surface area contributed by atoms with Crippen LogP contribution in [-0.2, 0) is 19.1 Å². The number of hydrogen-bond donors (Lipinski definition) is 2. The second-order valence-electron chi connectivity index (χ2n) is 3.10. The Morgan fingerprint density at radius 3 is 1.56 bits per heavy atom. The van der Waals surface area contributed by atoms with Gasteiger partial charge in [-0.1, -0.05) is 0 Å². The maximum atomic E-state index is 10.8. The van der Waals surface area contributed by atoms with Gasteiger partial charge >= 0.3 is 11.9 Å². The zero-order valence-corrected chi connectivity index (χ0v) is 9.18. The van der Waals surface area contributed by atoms with Gasteiger partial charge in [-0.25, -0.2) is 0 Å². The van der Waals surface area contributed by atoms with E-state index in [4.69, 9.17) is 19.7 Å². The molecule has 16 heavy (non-hydrogen) atoms. The molecule has 0 bridgehead atoms. The van der Waals surface area contributed by atoms with Crippen molar-refractivity contribution < 1.29 is 29.3 Å². The Labute approximate surface area is 94.2 Å². The molecule has 0 aromatic carbocycles. The van der Waals surface area contributed by atoms with Crippen LogP contribution in [-0.4, -0.2) is 48.6 Å². The fourth-order valence-corrected chi connectivity index (χ4v) is 0.994. The van der Waals surface area contributed by atoms with Gasteiger partial charge in [-0.05, 0) is 12.8 Å². The molecule has 0 radical (unpaired) electrons. The lowest BCUT2D eigenvalue weighted by molar-refractivity contribution is -0.153. The molecule has 0 spiro atoms. The zero-order valence-electron chi connectivity index (χ0n) is 9.18. The fraction of sp³-hybridized carbons (Fsp3) is 0.800. The maximum Gasteiger partial charge on any atom is 0.305 e. The molecule has 1 aliphatic heterocycles. The first-order valence-corrected chi connectivity index (χ1v) is 5.23. The lowest BCUT2D eigenvalue weighted by atomic mass is 10.2. The molecule has 0 atom stereocenters. The standard InChI is InChI=1S/C8H12O4.C2H6O2/c9-7-3-1-2-4-8(10)12-6-5-11-7;3-1-2-4/h1-6H2;3-4H,1-2H2. The van der Waals surface area contributed by atoms with Crippen LogP contribution in [0.15, 0.2) is 0 Å². The number of esters is 2. The largest absolute Gasteiger partial charge is 0.462 e. The summed E-state index contributed by atoms with van der Waals surface area (Å²) in [6, 6.07) is 0. The molecule has 0 aromatic rings. The van der Waals surface area contributed by atoms with Crippen LogP contribution in [0.3, 0.4) is 0 Å². The highest BCUT2D eigenvalue weighted by Gasteiger charge is 2.08. The zero-order chi connectivity index (χ0) is 12.2. The Hall–Kier alpha value is -1.14. The molecule has 0 aliphatic carbocycles. The van der Waals surface area contributed by atoms with Crippen molar-refractivity contribution in [2.45, 2.75) is 25.7 Å². The van der Waals surface area contributed by atoms with Crippen molar-refractivity contribution in [3.63, 3.8) is 0 Å². The molecule has 1 fully saturated rings. The Bertz CT molecular complexity index is 165. The van der Waals surface area contributed by atoms with Crippen molar-refractivity contribution in [3.05, 3.63) is 0 Å².